The van der Waals surface area contributed by atoms with Gasteiger partial charge in [0.05, 0.1) is 7.11 Å². The van der Waals surface area contributed by atoms with Gasteiger partial charge in [-0.25, -0.2) is 18.6 Å². The maximum atomic E-state index is 13.7. The van der Waals surface area contributed by atoms with Gasteiger partial charge < -0.3 is 20.3 Å². The standard InChI is InChI=1S/C19H22F2N4O2/c1-27-18-15(20)10-14(11-16(18)21)24-19(26)23-12-13-5-6-22-17(9-13)25-7-3-2-4-8-25/h5-6,9-11H,2-4,7-8,12H2,1H3,(H2,23,24,26). The van der Waals surface area contributed by atoms with Crippen molar-refractivity contribution in [1.82, 2.24) is 10.3 Å². The highest BCUT2D eigenvalue weighted by Gasteiger charge is 2.14. The van der Waals surface area contributed by atoms with Crippen LogP contribution >= 0.6 is 0 Å². The number of rotatable bonds is 5. The summed E-state index contributed by atoms with van der Waals surface area (Å²) >= 11 is 0. The van der Waals surface area contributed by atoms with Crippen LogP contribution in [0.5, 0.6) is 5.75 Å². The van der Waals surface area contributed by atoms with Gasteiger partial charge in [0.2, 0.25) is 0 Å². The zero-order valence-corrected chi connectivity index (χ0v) is 15.1. The highest BCUT2D eigenvalue weighted by atomic mass is 19.1. The van der Waals surface area contributed by atoms with Crippen LogP contribution in [0.15, 0.2) is 30.5 Å². The summed E-state index contributed by atoms with van der Waals surface area (Å²) in [6.45, 7) is 2.24. The Labute approximate surface area is 156 Å². The third-order valence-electron chi connectivity index (χ3n) is 4.40. The SMILES string of the molecule is COc1c(F)cc(NC(=O)NCc2ccnc(N3CCCCC3)c2)cc1F. The molecule has 0 bridgehead atoms. The number of benzene rings is 1. The second kappa shape index (κ2) is 8.66. The maximum Gasteiger partial charge on any atom is 0.319 e. The fraction of sp³-hybridized carbons (Fsp3) is 0.368. The highest BCUT2D eigenvalue weighted by Crippen LogP contribution is 2.25. The molecular weight excluding hydrogens is 354 g/mol. The zero-order valence-electron chi connectivity index (χ0n) is 15.1. The molecule has 2 N–H and O–H groups in total. The molecule has 8 heteroatoms. The molecule has 144 valence electrons. The summed E-state index contributed by atoms with van der Waals surface area (Å²) in [6.07, 6.45) is 5.26. The van der Waals surface area contributed by atoms with Crippen LogP contribution in [0.2, 0.25) is 0 Å². The molecule has 0 aliphatic carbocycles. The van der Waals surface area contributed by atoms with Crippen molar-refractivity contribution in [2.45, 2.75) is 25.8 Å². The Hall–Kier alpha value is -2.90. The lowest BCUT2D eigenvalue weighted by Crippen LogP contribution is -2.31. The Morgan fingerprint density at radius 2 is 1.89 bits per heavy atom. The van der Waals surface area contributed by atoms with Crippen LogP contribution in [0, 0.1) is 11.6 Å². The molecule has 1 aliphatic rings. The van der Waals surface area contributed by atoms with Gasteiger partial charge in [-0.05, 0) is 37.0 Å². The molecule has 1 aliphatic heterocycles. The van der Waals surface area contributed by atoms with Gasteiger partial charge >= 0.3 is 6.03 Å². The lowest BCUT2D eigenvalue weighted by Gasteiger charge is -2.27. The van der Waals surface area contributed by atoms with Gasteiger partial charge in [-0.2, -0.15) is 0 Å². The van der Waals surface area contributed by atoms with E-state index in [1.54, 1.807) is 6.20 Å². The molecule has 2 heterocycles. The first-order chi connectivity index (χ1) is 13.1. The Bertz CT molecular complexity index is 787. The van der Waals surface area contributed by atoms with Gasteiger partial charge in [-0.1, -0.05) is 0 Å². The number of amides is 2. The number of carbonyl (C=O) groups is 1. The van der Waals surface area contributed by atoms with E-state index in [0.717, 1.165) is 49.4 Å². The van der Waals surface area contributed by atoms with Crippen LogP contribution in [0.1, 0.15) is 24.8 Å². The molecule has 2 aromatic rings. The van der Waals surface area contributed by atoms with E-state index in [1.165, 1.54) is 13.5 Å². The number of urea groups is 1. The van der Waals surface area contributed by atoms with Crippen molar-refractivity contribution < 1.29 is 18.3 Å². The molecular formula is C19H22F2N4O2. The van der Waals surface area contributed by atoms with Gasteiger partial charge in [0.1, 0.15) is 5.82 Å². The zero-order chi connectivity index (χ0) is 19.2. The average Bonchev–Trinajstić information content (AvgIpc) is 2.67. The van der Waals surface area contributed by atoms with Gasteiger partial charge in [0, 0.05) is 43.7 Å². The van der Waals surface area contributed by atoms with Gasteiger partial charge in [-0.15, -0.1) is 0 Å². The van der Waals surface area contributed by atoms with E-state index in [2.05, 4.69) is 25.3 Å². The van der Waals surface area contributed by atoms with Gasteiger partial charge in [0.15, 0.2) is 17.4 Å². The monoisotopic (exact) mass is 376 g/mol. The molecule has 1 fully saturated rings. The van der Waals surface area contributed by atoms with Crippen LogP contribution in [0.4, 0.5) is 25.1 Å². The Morgan fingerprint density at radius 1 is 1.19 bits per heavy atom. The highest BCUT2D eigenvalue weighted by molar-refractivity contribution is 5.89. The minimum atomic E-state index is -0.881. The van der Waals surface area contributed by atoms with E-state index >= 15 is 0 Å². The summed E-state index contributed by atoms with van der Waals surface area (Å²) in [7, 11) is 1.17. The van der Waals surface area contributed by atoms with Crippen molar-refractivity contribution in [1.29, 1.82) is 0 Å². The summed E-state index contributed by atoms with van der Waals surface area (Å²) in [5.41, 5.74) is 0.903. The third-order valence-corrected chi connectivity index (χ3v) is 4.40. The topological polar surface area (TPSA) is 66.5 Å². The average molecular weight is 376 g/mol. The number of halogens is 2. The second-order valence-electron chi connectivity index (χ2n) is 6.35. The Balaban J connectivity index is 1.58. The van der Waals surface area contributed by atoms with Crippen LogP contribution < -0.4 is 20.3 Å². The minimum absolute atomic E-state index is 0.00651. The molecule has 0 radical (unpaired) electrons. The van der Waals surface area contributed by atoms with Crippen LogP contribution in [0.25, 0.3) is 0 Å². The lowest BCUT2D eigenvalue weighted by atomic mass is 10.1. The second-order valence-corrected chi connectivity index (χ2v) is 6.35. The van der Waals surface area contributed by atoms with Crippen molar-refractivity contribution in [3.05, 3.63) is 47.7 Å². The largest absolute Gasteiger partial charge is 0.491 e. The third kappa shape index (κ3) is 4.84. The van der Waals surface area contributed by atoms with Crippen molar-refractivity contribution in [2.24, 2.45) is 0 Å². The van der Waals surface area contributed by atoms with Crippen molar-refractivity contribution in [3.63, 3.8) is 0 Å². The first-order valence-electron chi connectivity index (χ1n) is 8.84. The van der Waals surface area contributed by atoms with E-state index in [9.17, 15) is 13.6 Å². The molecule has 0 spiro atoms. The summed E-state index contributed by atoms with van der Waals surface area (Å²) < 4.78 is 32.0. The predicted molar refractivity (Wildman–Crippen MR) is 99.1 cm³/mol. The molecule has 1 aromatic carbocycles. The molecule has 27 heavy (non-hydrogen) atoms. The molecule has 2 amide bonds. The van der Waals surface area contributed by atoms with E-state index < -0.39 is 23.4 Å². The Kier molecular flexibility index (Phi) is 6.05. The first kappa shape index (κ1) is 18.9. The molecule has 0 atom stereocenters. The summed E-state index contributed by atoms with van der Waals surface area (Å²) in [6, 6.07) is 5.21. The maximum absolute atomic E-state index is 13.7. The number of piperidine rings is 1. The summed E-state index contributed by atoms with van der Waals surface area (Å²) in [4.78, 5) is 18.7. The fourth-order valence-corrected chi connectivity index (χ4v) is 3.05. The number of ether oxygens (including phenoxy) is 1. The normalized spacial score (nSPS) is 14.0. The molecule has 6 nitrogen and oxygen atoms in total. The number of aromatic nitrogens is 1. The predicted octanol–water partition coefficient (Wildman–Crippen LogP) is 3.68. The van der Waals surface area contributed by atoms with E-state index in [0.29, 0.717) is 0 Å². The number of nitrogens with zero attached hydrogens (tertiary/aromatic N) is 2. The van der Waals surface area contributed by atoms with Gasteiger partial charge in [-0.3, -0.25) is 0 Å². The molecule has 3 rings (SSSR count). The number of nitrogens with one attached hydrogen (secondary N) is 2. The molecule has 0 unspecified atom stereocenters. The van der Waals surface area contributed by atoms with Crippen LogP contribution in [0.3, 0.4) is 0 Å². The van der Waals surface area contributed by atoms with E-state index in [4.69, 9.17) is 0 Å². The van der Waals surface area contributed by atoms with Crippen molar-refractivity contribution >= 4 is 17.5 Å². The fourth-order valence-electron chi connectivity index (χ4n) is 3.05. The van der Waals surface area contributed by atoms with Crippen LogP contribution in [-0.2, 0) is 6.54 Å². The number of hydrogen-bond donors (Lipinski definition) is 2. The van der Waals surface area contributed by atoms with Crippen LogP contribution in [-0.4, -0.2) is 31.2 Å². The molecule has 1 aromatic heterocycles. The Morgan fingerprint density at radius 3 is 2.56 bits per heavy atom. The smallest absolute Gasteiger partial charge is 0.319 e. The van der Waals surface area contributed by atoms with Crippen molar-refractivity contribution in [2.75, 3.05) is 30.4 Å². The van der Waals surface area contributed by atoms with E-state index in [1.807, 2.05) is 12.1 Å². The molecule has 0 saturated carbocycles. The minimum Gasteiger partial charge on any atom is -0.491 e. The van der Waals surface area contributed by atoms with Crippen molar-refractivity contribution in [3.8, 4) is 5.75 Å². The number of hydrogen-bond acceptors (Lipinski definition) is 4. The lowest BCUT2D eigenvalue weighted by molar-refractivity contribution is 0.251. The quantitative estimate of drug-likeness (QED) is 0.835. The van der Waals surface area contributed by atoms with E-state index in [-0.39, 0.29) is 12.2 Å². The molecule has 1 saturated heterocycles. The number of pyridine rings is 1. The summed E-state index contributed by atoms with van der Waals surface area (Å²) in [5.74, 6) is -1.35. The van der Waals surface area contributed by atoms with Gasteiger partial charge in [0.25, 0.3) is 0 Å². The first-order valence-corrected chi connectivity index (χ1v) is 8.84. The summed E-state index contributed by atoms with van der Waals surface area (Å²) in [5, 5.41) is 5.08. The number of anilines is 2. The number of methoxy groups -OCH3 is 1. The number of carbonyl (C=O) groups excluding carboxylic acids is 1.